The van der Waals surface area contributed by atoms with Crippen LogP contribution >= 0.6 is 0 Å². The van der Waals surface area contributed by atoms with Crippen molar-refractivity contribution in [2.45, 2.75) is 72.4 Å². The third-order valence-corrected chi connectivity index (χ3v) is 8.56. The Balaban J connectivity index is 1.50. The number of halogens is 1. The maximum Gasteiger partial charge on any atom is 0.333 e. The molecule has 1 heterocycles. The Bertz CT molecular complexity index is 874. The maximum absolute atomic E-state index is 13.2. The molecule has 1 aliphatic heterocycles. The number of nitrogens with one attached hydrogen (secondary N) is 1. The molecule has 3 aliphatic rings. The fourth-order valence-electron chi connectivity index (χ4n) is 6.22. The molecule has 1 aromatic rings. The molecule has 3 nitrogen and oxygen atoms in total. The molecule has 0 bridgehead atoms. The summed E-state index contributed by atoms with van der Waals surface area (Å²) in [6.45, 7) is 9.66. The third kappa shape index (κ3) is 3.70. The summed E-state index contributed by atoms with van der Waals surface area (Å²) in [6.07, 6.45) is 10.5. The predicted octanol–water partition coefficient (Wildman–Crippen LogP) is 6.63. The molecule has 2 aliphatic carbocycles. The van der Waals surface area contributed by atoms with Gasteiger partial charge in [0.15, 0.2) is 6.23 Å². The van der Waals surface area contributed by atoms with E-state index < -0.39 is 6.23 Å². The summed E-state index contributed by atoms with van der Waals surface area (Å²) < 4.78 is 18.7. The summed E-state index contributed by atoms with van der Waals surface area (Å²) in [5.41, 5.74) is 3.83. The number of esters is 1. The molecule has 0 spiro atoms. The Kier molecular flexibility index (Phi) is 5.54. The summed E-state index contributed by atoms with van der Waals surface area (Å²) in [5, 5.41) is 3.24. The first kappa shape index (κ1) is 21.1. The second kappa shape index (κ2) is 7.86. The van der Waals surface area contributed by atoms with Gasteiger partial charge in [0.1, 0.15) is 5.82 Å². The number of benzene rings is 1. The van der Waals surface area contributed by atoms with Crippen molar-refractivity contribution in [1.29, 1.82) is 0 Å². The van der Waals surface area contributed by atoms with Crippen molar-refractivity contribution in [3.8, 4) is 0 Å². The highest BCUT2D eigenvalue weighted by Gasteiger charge is 2.53. The Hall–Kier alpha value is -2.10. The van der Waals surface area contributed by atoms with E-state index >= 15 is 0 Å². The number of hydrogen-bond acceptors (Lipinski definition) is 3. The van der Waals surface area contributed by atoms with Gasteiger partial charge in [-0.1, -0.05) is 32.4 Å². The molecule has 1 unspecified atom stereocenters. The largest absolute Gasteiger partial charge is 0.435 e. The number of anilines is 1. The second-order valence-electron chi connectivity index (χ2n) is 10.1. The third-order valence-electron chi connectivity index (χ3n) is 8.56. The van der Waals surface area contributed by atoms with Crippen LogP contribution in [0.5, 0.6) is 0 Å². The van der Waals surface area contributed by atoms with Gasteiger partial charge in [0.05, 0.1) is 0 Å². The molecule has 4 heteroatoms. The fraction of sp³-hybridized carbons (Fsp3) is 0.577. The monoisotopic (exact) mass is 411 g/mol. The number of fused-ring (bicyclic) bond motifs is 1. The zero-order valence-corrected chi connectivity index (χ0v) is 18.6. The normalized spacial score (nSPS) is 35.9. The number of hydrogen-bond donors (Lipinski definition) is 1. The van der Waals surface area contributed by atoms with Gasteiger partial charge < -0.3 is 10.1 Å². The number of ether oxygens (including phenoxy) is 1. The van der Waals surface area contributed by atoms with E-state index in [0.717, 1.165) is 24.1 Å². The van der Waals surface area contributed by atoms with Gasteiger partial charge in [-0.2, -0.15) is 0 Å². The quantitative estimate of drug-likeness (QED) is 0.437. The standard InChI is InChI=1S/C26H34FNO2/c1-17-6-5-7-22-25(17,3)14-12-18(2)26(22,4)15-13-19-16-23(29)30-24(19)28-21-10-8-20(27)9-11-21/h6,8-11,16,18,22,24,28H,5,7,12-15H2,1-4H3/t18-,22+,24?,25+,26+/m1/s1. The summed E-state index contributed by atoms with van der Waals surface area (Å²) in [5.74, 6) is 0.746. The van der Waals surface area contributed by atoms with Crippen molar-refractivity contribution in [1.82, 2.24) is 0 Å². The average Bonchev–Trinajstić information content (AvgIpc) is 3.06. The van der Waals surface area contributed by atoms with Crippen LogP contribution in [-0.4, -0.2) is 12.2 Å². The molecule has 0 radical (unpaired) electrons. The topological polar surface area (TPSA) is 38.3 Å². The SMILES string of the molecule is CC1=CCC[C@@H]2[C@@](C)(CCC3=CC(=O)OC3Nc3ccc(F)cc3)[C@H](C)CC[C@@]12C. The maximum atomic E-state index is 13.2. The Morgan fingerprint density at radius 1 is 1.20 bits per heavy atom. The van der Waals surface area contributed by atoms with Crippen molar-refractivity contribution in [3.05, 3.63) is 53.4 Å². The van der Waals surface area contributed by atoms with E-state index in [1.807, 2.05) is 0 Å². The summed E-state index contributed by atoms with van der Waals surface area (Å²) in [7, 11) is 0. The average molecular weight is 412 g/mol. The minimum atomic E-state index is -0.468. The molecule has 1 saturated carbocycles. The molecule has 5 atom stereocenters. The molecule has 162 valence electrons. The Morgan fingerprint density at radius 3 is 2.67 bits per heavy atom. The summed E-state index contributed by atoms with van der Waals surface area (Å²) in [4.78, 5) is 12.0. The van der Waals surface area contributed by atoms with Crippen molar-refractivity contribution in [3.63, 3.8) is 0 Å². The van der Waals surface area contributed by atoms with Crippen LogP contribution in [0.2, 0.25) is 0 Å². The molecular weight excluding hydrogens is 377 g/mol. The molecule has 4 rings (SSSR count). The van der Waals surface area contributed by atoms with E-state index in [0.29, 0.717) is 17.3 Å². The highest BCUT2D eigenvalue weighted by atomic mass is 19.1. The molecule has 1 N–H and O–H groups in total. The lowest BCUT2D eigenvalue weighted by Gasteiger charge is -2.58. The van der Waals surface area contributed by atoms with Gasteiger partial charge in [-0.3, -0.25) is 0 Å². The minimum Gasteiger partial charge on any atom is -0.435 e. The molecular formula is C26H34FNO2. The van der Waals surface area contributed by atoms with Crippen LogP contribution in [0, 0.1) is 28.5 Å². The van der Waals surface area contributed by atoms with Crippen molar-refractivity contribution in [2.24, 2.45) is 22.7 Å². The lowest BCUT2D eigenvalue weighted by atomic mass is 9.47. The van der Waals surface area contributed by atoms with Crippen LogP contribution < -0.4 is 5.32 Å². The van der Waals surface area contributed by atoms with E-state index in [1.54, 1.807) is 23.8 Å². The van der Waals surface area contributed by atoms with Crippen LogP contribution in [-0.2, 0) is 9.53 Å². The molecule has 1 fully saturated rings. The van der Waals surface area contributed by atoms with Gasteiger partial charge in [0.2, 0.25) is 0 Å². The van der Waals surface area contributed by atoms with Gasteiger partial charge in [-0.15, -0.1) is 0 Å². The summed E-state index contributed by atoms with van der Waals surface area (Å²) >= 11 is 0. The Morgan fingerprint density at radius 2 is 1.93 bits per heavy atom. The van der Waals surface area contributed by atoms with Crippen LogP contribution in [0.1, 0.15) is 66.2 Å². The van der Waals surface area contributed by atoms with Crippen LogP contribution in [0.4, 0.5) is 10.1 Å². The molecule has 30 heavy (non-hydrogen) atoms. The first-order valence-electron chi connectivity index (χ1n) is 11.3. The van der Waals surface area contributed by atoms with Crippen LogP contribution in [0.25, 0.3) is 0 Å². The molecule has 1 aromatic carbocycles. The fourth-order valence-corrected chi connectivity index (χ4v) is 6.22. The van der Waals surface area contributed by atoms with E-state index in [1.165, 1.54) is 37.8 Å². The Labute approximate surface area is 179 Å². The number of carbonyl (C=O) groups excluding carboxylic acids is 1. The first-order chi connectivity index (χ1) is 14.2. The lowest BCUT2D eigenvalue weighted by molar-refractivity contribution is -0.137. The zero-order chi connectivity index (χ0) is 21.5. The van der Waals surface area contributed by atoms with E-state index in [9.17, 15) is 9.18 Å². The number of rotatable bonds is 5. The second-order valence-corrected chi connectivity index (χ2v) is 10.1. The molecule has 0 amide bonds. The van der Waals surface area contributed by atoms with E-state index in [2.05, 4.69) is 39.1 Å². The first-order valence-corrected chi connectivity index (χ1v) is 11.3. The van der Waals surface area contributed by atoms with Gasteiger partial charge in [0, 0.05) is 11.8 Å². The highest BCUT2D eigenvalue weighted by Crippen LogP contribution is 2.62. The van der Waals surface area contributed by atoms with E-state index in [4.69, 9.17) is 4.74 Å². The lowest BCUT2D eigenvalue weighted by Crippen LogP contribution is -2.49. The highest BCUT2D eigenvalue weighted by molar-refractivity contribution is 5.86. The molecule has 0 saturated heterocycles. The summed E-state index contributed by atoms with van der Waals surface area (Å²) in [6, 6.07) is 6.17. The van der Waals surface area contributed by atoms with Crippen molar-refractivity contribution < 1.29 is 13.9 Å². The van der Waals surface area contributed by atoms with Crippen molar-refractivity contribution >= 4 is 11.7 Å². The predicted molar refractivity (Wildman–Crippen MR) is 118 cm³/mol. The van der Waals surface area contributed by atoms with Crippen LogP contribution in [0.15, 0.2) is 47.6 Å². The van der Waals surface area contributed by atoms with Gasteiger partial charge >= 0.3 is 5.97 Å². The van der Waals surface area contributed by atoms with Gasteiger partial charge in [0.25, 0.3) is 0 Å². The van der Waals surface area contributed by atoms with Crippen molar-refractivity contribution in [2.75, 3.05) is 5.32 Å². The van der Waals surface area contributed by atoms with Crippen LogP contribution in [0.3, 0.4) is 0 Å². The minimum absolute atomic E-state index is 0.232. The number of allylic oxidation sites excluding steroid dienone is 2. The zero-order valence-electron chi connectivity index (χ0n) is 18.6. The smallest absolute Gasteiger partial charge is 0.333 e. The van der Waals surface area contributed by atoms with Gasteiger partial charge in [-0.25, -0.2) is 9.18 Å². The number of cyclic esters (lactones) is 1. The number of carbonyl (C=O) groups is 1. The molecule has 0 aromatic heterocycles. The van der Waals surface area contributed by atoms with Gasteiger partial charge in [-0.05, 0) is 98.0 Å². The van der Waals surface area contributed by atoms with E-state index in [-0.39, 0.29) is 17.2 Å².